The van der Waals surface area contributed by atoms with Gasteiger partial charge in [0.05, 0.1) is 6.54 Å². The number of hydrogen-bond donors (Lipinski definition) is 1. The third-order valence-electron chi connectivity index (χ3n) is 4.09. The Morgan fingerprint density at radius 1 is 1.42 bits per heavy atom. The maximum Gasteiger partial charge on any atom is 0.241 e. The molecular weight excluding hydrogens is 238 g/mol. The fraction of sp³-hybridized carbons (Fsp3) is 0.533. The van der Waals surface area contributed by atoms with Crippen LogP contribution < -0.4 is 10.2 Å². The molecule has 1 saturated heterocycles. The van der Waals surface area contributed by atoms with Crippen molar-refractivity contribution in [3.63, 3.8) is 0 Å². The van der Waals surface area contributed by atoms with Crippen LogP contribution >= 0.6 is 0 Å². The lowest BCUT2D eigenvalue weighted by atomic mass is 9.90. The van der Waals surface area contributed by atoms with Gasteiger partial charge in [-0.05, 0) is 38.7 Å². The Kier molecular flexibility index (Phi) is 3.29. The predicted molar refractivity (Wildman–Crippen MR) is 76.5 cm³/mol. The summed E-state index contributed by atoms with van der Waals surface area (Å²) >= 11 is 0. The molecule has 3 rings (SSSR count). The Hall–Kier alpha value is -1.39. The van der Waals surface area contributed by atoms with E-state index >= 15 is 0 Å². The molecule has 2 aliphatic heterocycles. The zero-order valence-corrected chi connectivity index (χ0v) is 11.6. The molecule has 0 bridgehead atoms. The molecule has 0 unspecified atom stereocenters. The molecule has 1 amide bonds. The molecule has 0 radical (unpaired) electrons. The molecule has 1 aromatic carbocycles. The number of para-hydroxylation sites is 1. The summed E-state index contributed by atoms with van der Waals surface area (Å²) in [6.45, 7) is 2.46. The molecule has 1 aromatic rings. The van der Waals surface area contributed by atoms with Crippen LogP contribution in [-0.4, -0.2) is 50.6 Å². The lowest BCUT2D eigenvalue weighted by Gasteiger charge is -2.33. The van der Waals surface area contributed by atoms with Gasteiger partial charge in [0, 0.05) is 24.2 Å². The van der Waals surface area contributed by atoms with E-state index in [9.17, 15) is 4.79 Å². The molecule has 2 atom stereocenters. The summed E-state index contributed by atoms with van der Waals surface area (Å²) in [6.07, 6.45) is 1.04. The first-order valence-corrected chi connectivity index (χ1v) is 6.95. The van der Waals surface area contributed by atoms with Crippen LogP contribution in [0.4, 0.5) is 5.69 Å². The summed E-state index contributed by atoms with van der Waals surface area (Å²) in [5.41, 5.74) is 2.44. The molecular formula is C15H21N3O. The highest BCUT2D eigenvalue weighted by Crippen LogP contribution is 2.43. The quantitative estimate of drug-likeness (QED) is 0.862. The molecule has 2 aliphatic rings. The van der Waals surface area contributed by atoms with Crippen molar-refractivity contribution in [2.45, 2.75) is 18.4 Å². The number of fused-ring (bicyclic) bond motifs is 3. The van der Waals surface area contributed by atoms with Crippen molar-refractivity contribution in [3.8, 4) is 0 Å². The zero-order valence-electron chi connectivity index (χ0n) is 11.6. The Balaban J connectivity index is 1.96. The van der Waals surface area contributed by atoms with Gasteiger partial charge in [-0.3, -0.25) is 4.79 Å². The first kappa shape index (κ1) is 12.6. The summed E-state index contributed by atoms with van der Waals surface area (Å²) < 4.78 is 0. The van der Waals surface area contributed by atoms with Gasteiger partial charge in [-0.15, -0.1) is 0 Å². The number of carbonyl (C=O) groups is 1. The fourth-order valence-corrected chi connectivity index (χ4v) is 3.34. The number of benzene rings is 1. The van der Waals surface area contributed by atoms with Crippen molar-refractivity contribution in [1.29, 1.82) is 0 Å². The van der Waals surface area contributed by atoms with E-state index in [0.717, 1.165) is 25.2 Å². The van der Waals surface area contributed by atoms with Gasteiger partial charge >= 0.3 is 0 Å². The van der Waals surface area contributed by atoms with Crippen LogP contribution in [0.1, 0.15) is 17.9 Å². The number of nitrogens with one attached hydrogen (secondary N) is 1. The minimum atomic E-state index is 0.215. The maximum absolute atomic E-state index is 12.5. The van der Waals surface area contributed by atoms with Crippen LogP contribution in [0.25, 0.3) is 0 Å². The highest BCUT2D eigenvalue weighted by atomic mass is 16.2. The lowest BCUT2D eigenvalue weighted by Crippen LogP contribution is -2.48. The van der Waals surface area contributed by atoms with E-state index in [1.54, 1.807) is 0 Å². The van der Waals surface area contributed by atoms with Gasteiger partial charge in [-0.2, -0.15) is 0 Å². The average molecular weight is 259 g/mol. The molecule has 102 valence electrons. The molecule has 4 nitrogen and oxygen atoms in total. The Morgan fingerprint density at radius 2 is 2.21 bits per heavy atom. The average Bonchev–Trinajstić information content (AvgIpc) is 2.72. The van der Waals surface area contributed by atoms with E-state index in [-0.39, 0.29) is 5.91 Å². The van der Waals surface area contributed by atoms with E-state index in [1.165, 1.54) is 5.56 Å². The minimum absolute atomic E-state index is 0.215. The second-order valence-corrected chi connectivity index (χ2v) is 5.73. The largest absolute Gasteiger partial charge is 0.316 e. The van der Waals surface area contributed by atoms with Crippen molar-refractivity contribution < 1.29 is 4.79 Å². The van der Waals surface area contributed by atoms with E-state index in [0.29, 0.717) is 18.5 Å². The topological polar surface area (TPSA) is 35.6 Å². The van der Waals surface area contributed by atoms with E-state index < -0.39 is 0 Å². The molecule has 0 aromatic heterocycles. The van der Waals surface area contributed by atoms with Crippen LogP contribution in [0.15, 0.2) is 24.3 Å². The van der Waals surface area contributed by atoms with Crippen molar-refractivity contribution in [2.24, 2.45) is 0 Å². The van der Waals surface area contributed by atoms with Crippen molar-refractivity contribution in [3.05, 3.63) is 29.8 Å². The smallest absolute Gasteiger partial charge is 0.241 e. The second kappa shape index (κ2) is 4.94. The van der Waals surface area contributed by atoms with Crippen LogP contribution in [-0.2, 0) is 4.79 Å². The minimum Gasteiger partial charge on any atom is -0.316 e. The van der Waals surface area contributed by atoms with Crippen LogP contribution in [0.5, 0.6) is 0 Å². The highest BCUT2D eigenvalue weighted by Gasteiger charge is 2.42. The van der Waals surface area contributed by atoms with Gasteiger partial charge < -0.3 is 15.1 Å². The molecule has 0 spiro atoms. The number of likely N-dealkylation sites (N-methyl/N-ethyl adjacent to an activating group) is 1. The Labute approximate surface area is 114 Å². The van der Waals surface area contributed by atoms with Crippen LogP contribution in [0.2, 0.25) is 0 Å². The third kappa shape index (κ3) is 2.15. The number of hydrogen-bond acceptors (Lipinski definition) is 3. The number of piperidine rings is 1. The summed E-state index contributed by atoms with van der Waals surface area (Å²) in [4.78, 5) is 16.5. The molecule has 19 heavy (non-hydrogen) atoms. The molecule has 1 fully saturated rings. The van der Waals surface area contributed by atoms with Gasteiger partial charge in [0.1, 0.15) is 0 Å². The Morgan fingerprint density at radius 3 is 3.00 bits per heavy atom. The van der Waals surface area contributed by atoms with Gasteiger partial charge in [0.2, 0.25) is 5.91 Å². The van der Waals surface area contributed by atoms with Crippen molar-refractivity contribution in [2.75, 3.05) is 38.6 Å². The predicted octanol–water partition coefficient (Wildman–Crippen LogP) is 1.04. The SMILES string of the molecule is CN(C)CC(=O)N1c2ccccc2[C@@H]2CNCC[C@H]21. The van der Waals surface area contributed by atoms with Crippen LogP contribution in [0.3, 0.4) is 0 Å². The molecule has 0 saturated carbocycles. The van der Waals surface area contributed by atoms with E-state index in [1.807, 2.05) is 30.0 Å². The molecule has 4 heteroatoms. The fourth-order valence-electron chi connectivity index (χ4n) is 3.34. The number of rotatable bonds is 2. The monoisotopic (exact) mass is 259 g/mol. The standard InChI is InChI=1S/C15H21N3O/c1-17(2)10-15(19)18-13-6-4-3-5-11(13)12-9-16-8-7-14(12)18/h3-6,12,14,16H,7-10H2,1-2H3/t12-,14+/m0/s1. The summed E-state index contributed by atoms with van der Waals surface area (Å²) in [7, 11) is 3.89. The second-order valence-electron chi connectivity index (χ2n) is 5.73. The first-order chi connectivity index (χ1) is 9.18. The van der Waals surface area contributed by atoms with Crippen molar-refractivity contribution in [1.82, 2.24) is 10.2 Å². The summed E-state index contributed by atoms with van der Waals surface area (Å²) in [5, 5.41) is 3.45. The normalized spacial score (nSPS) is 25.3. The van der Waals surface area contributed by atoms with E-state index in [2.05, 4.69) is 23.5 Å². The maximum atomic E-state index is 12.5. The third-order valence-corrected chi connectivity index (χ3v) is 4.09. The summed E-state index contributed by atoms with van der Waals surface area (Å²) in [5.74, 6) is 0.669. The van der Waals surface area contributed by atoms with Gasteiger partial charge in [0.25, 0.3) is 0 Å². The highest BCUT2D eigenvalue weighted by molar-refractivity contribution is 5.98. The first-order valence-electron chi connectivity index (χ1n) is 6.95. The molecule has 2 heterocycles. The summed E-state index contributed by atoms with van der Waals surface area (Å²) in [6, 6.07) is 8.69. The molecule has 1 N–H and O–H groups in total. The number of amides is 1. The lowest BCUT2D eigenvalue weighted by molar-refractivity contribution is -0.119. The van der Waals surface area contributed by atoms with E-state index in [4.69, 9.17) is 0 Å². The number of anilines is 1. The number of carbonyl (C=O) groups excluding carboxylic acids is 1. The molecule has 0 aliphatic carbocycles. The number of nitrogens with zero attached hydrogens (tertiary/aromatic N) is 2. The van der Waals surface area contributed by atoms with Gasteiger partial charge in [-0.25, -0.2) is 0 Å². The Bertz CT molecular complexity index is 486. The zero-order chi connectivity index (χ0) is 13.4. The van der Waals surface area contributed by atoms with Gasteiger partial charge in [-0.1, -0.05) is 18.2 Å². The van der Waals surface area contributed by atoms with Crippen LogP contribution in [0, 0.1) is 0 Å². The van der Waals surface area contributed by atoms with Gasteiger partial charge in [0.15, 0.2) is 0 Å². The van der Waals surface area contributed by atoms with Crippen molar-refractivity contribution >= 4 is 11.6 Å².